The van der Waals surface area contributed by atoms with E-state index < -0.39 is 0 Å². The molecule has 2 aliphatic rings. The first-order valence-corrected chi connectivity index (χ1v) is 9.00. The second-order valence-electron chi connectivity index (χ2n) is 6.92. The van der Waals surface area contributed by atoms with Gasteiger partial charge < -0.3 is 14.3 Å². The van der Waals surface area contributed by atoms with Gasteiger partial charge in [0.25, 0.3) is 0 Å². The molecule has 4 rings (SSSR count). The van der Waals surface area contributed by atoms with Crippen LogP contribution in [0.5, 0.6) is 0 Å². The molecule has 4 heterocycles. The van der Waals surface area contributed by atoms with Crippen LogP contribution in [0.1, 0.15) is 43.0 Å². The molecule has 2 aromatic rings. The Kier molecular flexibility index (Phi) is 4.38. The molecule has 2 amide bonds. The van der Waals surface area contributed by atoms with E-state index in [2.05, 4.69) is 15.1 Å². The van der Waals surface area contributed by atoms with Crippen molar-refractivity contribution >= 4 is 6.03 Å². The highest BCUT2D eigenvalue weighted by molar-refractivity contribution is 5.75. The predicted octanol–water partition coefficient (Wildman–Crippen LogP) is 2.84. The minimum Gasteiger partial charge on any atom is -0.356 e. The average Bonchev–Trinajstić information content (AvgIpc) is 3.33. The first kappa shape index (κ1) is 16.1. The van der Waals surface area contributed by atoms with Gasteiger partial charge >= 0.3 is 6.03 Å². The molecule has 7 heteroatoms. The molecule has 0 bridgehead atoms. The number of amides is 2. The van der Waals surface area contributed by atoms with Crippen LogP contribution in [-0.4, -0.2) is 57.1 Å². The van der Waals surface area contributed by atoms with E-state index in [1.807, 2.05) is 22.8 Å². The first-order valence-electron chi connectivity index (χ1n) is 9.00. The highest BCUT2D eigenvalue weighted by Crippen LogP contribution is 2.33. The van der Waals surface area contributed by atoms with Gasteiger partial charge in [0.1, 0.15) is 6.33 Å². The van der Waals surface area contributed by atoms with Gasteiger partial charge in [-0.05, 0) is 32.6 Å². The second kappa shape index (κ2) is 6.82. The van der Waals surface area contributed by atoms with Crippen LogP contribution in [0.3, 0.4) is 0 Å². The average molecular weight is 341 g/mol. The van der Waals surface area contributed by atoms with E-state index in [0.29, 0.717) is 12.3 Å². The monoisotopic (exact) mass is 341 g/mol. The quantitative estimate of drug-likeness (QED) is 0.839. The van der Waals surface area contributed by atoms with E-state index in [4.69, 9.17) is 4.52 Å². The minimum atomic E-state index is 0.174. The molecule has 2 aromatic heterocycles. The fourth-order valence-electron chi connectivity index (χ4n) is 3.83. The molecule has 2 saturated heterocycles. The van der Waals surface area contributed by atoms with Crippen LogP contribution < -0.4 is 0 Å². The Hall–Kier alpha value is -2.44. The minimum absolute atomic E-state index is 0.174. The molecule has 0 N–H and O–H groups in total. The fourth-order valence-corrected chi connectivity index (χ4v) is 3.83. The van der Waals surface area contributed by atoms with Crippen molar-refractivity contribution in [3.05, 3.63) is 30.0 Å². The molecule has 0 radical (unpaired) electrons. The largest absolute Gasteiger partial charge is 0.356 e. The lowest BCUT2D eigenvalue weighted by Crippen LogP contribution is -2.46. The van der Waals surface area contributed by atoms with Gasteiger partial charge in [-0.25, -0.2) is 14.8 Å². The van der Waals surface area contributed by atoms with Crippen molar-refractivity contribution in [3.63, 3.8) is 0 Å². The second-order valence-corrected chi connectivity index (χ2v) is 6.92. The number of aryl methyl sites for hydroxylation is 1. The lowest BCUT2D eigenvalue weighted by Gasteiger charge is -2.35. The van der Waals surface area contributed by atoms with E-state index in [1.54, 1.807) is 12.5 Å². The topological polar surface area (TPSA) is 75.4 Å². The molecule has 25 heavy (non-hydrogen) atoms. The number of carbonyl (C=O) groups is 1. The number of aromatic nitrogens is 3. The molecule has 2 aliphatic heterocycles. The molecule has 0 aliphatic carbocycles. The Bertz CT molecular complexity index is 753. The third-order valence-corrected chi connectivity index (χ3v) is 5.09. The number of piperidine rings is 1. The molecule has 0 aromatic carbocycles. The first-order chi connectivity index (χ1) is 12.2. The van der Waals surface area contributed by atoms with Gasteiger partial charge in [-0.15, -0.1) is 0 Å². The van der Waals surface area contributed by atoms with E-state index in [1.165, 1.54) is 0 Å². The van der Waals surface area contributed by atoms with E-state index in [9.17, 15) is 4.79 Å². The van der Waals surface area contributed by atoms with Gasteiger partial charge in [-0.2, -0.15) is 0 Å². The van der Waals surface area contributed by atoms with Crippen LogP contribution >= 0.6 is 0 Å². The maximum Gasteiger partial charge on any atom is 0.320 e. The third kappa shape index (κ3) is 3.23. The number of nitrogens with zero attached hydrogens (tertiary/aromatic N) is 5. The summed E-state index contributed by atoms with van der Waals surface area (Å²) < 4.78 is 5.42. The number of urea groups is 1. The zero-order valence-electron chi connectivity index (χ0n) is 14.5. The number of hydrogen-bond acceptors (Lipinski definition) is 5. The Morgan fingerprint density at radius 1 is 1.20 bits per heavy atom. The molecular weight excluding hydrogens is 318 g/mol. The summed E-state index contributed by atoms with van der Waals surface area (Å²) in [4.78, 5) is 25.4. The molecule has 7 nitrogen and oxygen atoms in total. The summed E-state index contributed by atoms with van der Waals surface area (Å²) >= 11 is 0. The van der Waals surface area contributed by atoms with E-state index in [0.717, 1.165) is 62.3 Å². The Morgan fingerprint density at radius 2 is 2.00 bits per heavy atom. The lowest BCUT2D eigenvalue weighted by molar-refractivity contribution is 0.146. The summed E-state index contributed by atoms with van der Waals surface area (Å²) in [6, 6.07) is 2.08. The van der Waals surface area contributed by atoms with Crippen molar-refractivity contribution in [2.24, 2.45) is 0 Å². The van der Waals surface area contributed by atoms with Gasteiger partial charge in [0.2, 0.25) is 0 Å². The van der Waals surface area contributed by atoms with Crippen molar-refractivity contribution in [2.75, 3.05) is 26.2 Å². The zero-order valence-corrected chi connectivity index (χ0v) is 14.5. The summed E-state index contributed by atoms with van der Waals surface area (Å²) in [5.41, 5.74) is 2.66. The molecule has 2 fully saturated rings. The van der Waals surface area contributed by atoms with Gasteiger partial charge in [-0.3, -0.25) is 0 Å². The van der Waals surface area contributed by atoms with Crippen molar-refractivity contribution in [1.82, 2.24) is 24.9 Å². The number of carbonyl (C=O) groups excluding carboxylic acids is 1. The third-order valence-electron chi connectivity index (χ3n) is 5.09. The predicted molar refractivity (Wildman–Crippen MR) is 92.0 cm³/mol. The normalized spacial score (nSPS) is 20.9. The van der Waals surface area contributed by atoms with Crippen molar-refractivity contribution < 1.29 is 9.32 Å². The number of hydrogen-bond donors (Lipinski definition) is 0. The summed E-state index contributed by atoms with van der Waals surface area (Å²) in [6.45, 7) is 5.19. The Balaban J connectivity index is 1.56. The highest BCUT2D eigenvalue weighted by atomic mass is 16.5. The zero-order chi connectivity index (χ0) is 17.2. The van der Waals surface area contributed by atoms with Gasteiger partial charge in [0.05, 0.1) is 17.0 Å². The maximum absolute atomic E-state index is 12.7. The molecule has 1 atom stereocenters. The maximum atomic E-state index is 12.7. The smallest absolute Gasteiger partial charge is 0.320 e. The molecule has 0 spiro atoms. The number of rotatable bonds is 2. The van der Waals surface area contributed by atoms with E-state index >= 15 is 0 Å². The number of likely N-dealkylation sites (tertiary alicyclic amines) is 2. The highest BCUT2D eigenvalue weighted by Gasteiger charge is 2.31. The SMILES string of the molecule is Cc1cc(-c2cncnc2[C@H]2CCCN(C(=O)N3CCCC3)C2)on1. The Labute approximate surface area is 147 Å². The van der Waals surface area contributed by atoms with Crippen molar-refractivity contribution in [1.29, 1.82) is 0 Å². The van der Waals surface area contributed by atoms with Crippen LogP contribution in [0.25, 0.3) is 11.3 Å². The molecule has 132 valence electrons. The van der Waals surface area contributed by atoms with Gasteiger partial charge in [0, 0.05) is 44.4 Å². The Morgan fingerprint density at radius 3 is 2.76 bits per heavy atom. The van der Waals surface area contributed by atoms with Crippen LogP contribution in [0.15, 0.2) is 23.1 Å². The van der Waals surface area contributed by atoms with E-state index in [-0.39, 0.29) is 11.9 Å². The van der Waals surface area contributed by atoms with Crippen LogP contribution in [0, 0.1) is 6.92 Å². The summed E-state index contributed by atoms with van der Waals surface area (Å²) in [5.74, 6) is 0.889. The van der Waals surface area contributed by atoms with Crippen molar-refractivity contribution in [2.45, 2.75) is 38.5 Å². The molecule has 0 saturated carbocycles. The van der Waals surface area contributed by atoms with Crippen molar-refractivity contribution in [3.8, 4) is 11.3 Å². The van der Waals surface area contributed by atoms with Gasteiger partial charge in [0.15, 0.2) is 5.76 Å². The molecule has 0 unspecified atom stereocenters. The van der Waals surface area contributed by atoms with Crippen LogP contribution in [0.4, 0.5) is 4.79 Å². The summed E-state index contributed by atoms with van der Waals surface area (Å²) in [6.07, 6.45) is 7.59. The summed E-state index contributed by atoms with van der Waals surface area (Å²) in [7, 11) is 0. The fraction of sp³-hybridized carbons (Fsp3) is 0.556. The van der Waals surface area contributed by atoms with Crippen LogP contribution in [0.2, 0.25) is 0 Å². The van der Waals surface area contributed by atoms with Gasteiger partial charge in [-0.1, -0.05) is 5.16 Å². The lowest BCUT2D eigenvalue weighted by atomic mass is 9.91. The molecular formula is C18H23N5O2. The van der Waals surface area contributed by atoms with Crippen LogP contribution in [-0.2, 0) is 0 Å². The summed E-state index contributed by atoms with van der Waals surface area (Å²) in [5, 5.41) is 3.97. The standard InChI is InChI=1S/C18H23N5O2/c1-13-9-16(25-21-13)15-10-19-12-20-17(15)14-5-4-8-23(11-14)18(24)22-6-2-3-7-22/h9-10,12,14H,2-8,11H2,1H3/t14-/m0/s1.